The molecule has 0 saturated carbocycles. The Bertz CT molecular complexity index is 1050. The number of carbonyl (C=O) groups is 2. The van der Waals surface area contributed by atoms with E-state index in [1.165, 1.54) is 14.2 Å². The van der Waals surface area contributed by atoms with E-state index in [0.29, 0.717) is 28.3 Å². The number of hydrogen-bond donors (Lipinski definition) is 3. The van der Waals surface area contributed by atoms with E-state index >= 15 is 0 Å². The number of nitrogens with one attached hydrogen (secondary N) is 3. The van der Waals surface area contributed by atoms with Crippen LogP contribution in [-0.2, 0) is 21.4 Å². The third kappa shape index (κ3) is 7.45. The van der Waals surface area contributed by atoms with E-state index in [0.717, 1.165) is 6.26 Å². The molecule has 3 N–H and O–H groups in total. The van der Waals surface area contributed by atoms with Crippen molar-refractivity contribution in [2.75, 3.05) is 25.2 Å². The number of ether oxygens (including phenoxy) is 2. The monoisotopic (exact) mass is 463 g/mol. The van der Waals surface area contributed by atoms with Crippen LogP contribution < -0.4 is 24.8 Å². The molecule has 32 heavy (non-hydrogen) atoms. The summed E-state index contributed by atoms with van der Waals surface area (Å²) in [5.74, 6) is -0.0463. The molecule has 1 atom stereocenters. The zero-order chi connectivity index (χ0) is 23.9. The highest BCUT2D eigenvalue weighted by molar-refractivity contribution is 7.92. The first-order chi connectivity index (χ1) is 15.0. The Kier molecular flexibility index (Phi) is 8.48. The highest BCUT2D eigenvalue weighted by Gasteiger charge is 2.25. The second kappa shape index (κ2) is 10.9. The van der Waals surface area contributed by atoms with Crippen molar-refractivity contribution in [1.82, 2.24) is 10.6 Å². The number of carbonyl (C=O) groups excluding carboxylic acids is 2. The second-order valence-electron chi connectivity index (χ2n) is 7.59. The lowest BCUT2D eigenvalue weighted by atomic mass is 10.0. The number of hydrogen-bond acceptors (Lipinski definition) is 6. The number of anilines is 1. The van der Waals surface area contributed by atoms with E-state index < -0.39 is 22.0 Å². The largest absolute Gasteiger partial charge is 0.497 e. The zero-order valence-corrected chi connectivity index (χ0v) is 19.6. The number of sulfonamides is 1. The van der Waals surface area contributed by atoms with Crippen LogP contribution >= 0.6 is 0 Å². The molecule has 0 spiro atoms. The highest BCUT2D eigenvalue weighted by Crippen LogP contribution is 2.22. The Morgan fingerprint density at radius 2 is 1.62 bits per heavy atom. The minimum absolute atomic E-state index is 0.171. The van der Waals surface area contributed by atoms with Gasteiger partial charge in [0.05, 0.1) is 20.5 Å². The molecule has 0 fully saturated rings. The van der Waals surface area contributed by atoms with Gasteiger partial charge in [0, 0.05) is 23.9 Å². The van der Waals surface area contributed by atoms with Gasteiger partial charge in [-0.05, 0) is 35.7 Å². The van der Waals surface area contributed by atoms with Crippen LogP contribution in [0.15, 0.2) is 42.5 Å². The molecular weight excluding hydrogens is 434 g/mol. The predicted molar refractivity (Wildman–Crippen MR) is 122 cm³/mol. The summed E-state index contributed by atoms with van der Waals surface area (Å²) in [6.07, 6.45) is 1.06. The van der Waals surface area contributed by atoms with E-state index in [4.69, 9.17) is 9.47 Å². The Morgan fingerprint density at radius 3 is 2.16 bits per heavy atom. The van der Waals surface area contributed by atoms with Crippen molar-refractivity contribution in [3.8, 4) is 11.5 Å². The van der Waals surface area contributed by atoms with Gasteiger partial charge in [-0.3, -0.25) is 14.3 Å². The minimum atomic E-state index is -3.40. The van der Waals surface area contributed by atoms with E-state index in [2.05, 4.69) is 15.4 Å². The summed E-state index contributed by atoms with van der Waals surface area (Å²) < 4.78 is 35.6. The van der Waals surface area contributed by atoms with E-state index in [1.807, 2.05) is 13.8 Å². The Morgan fingerprint density at radius 1 is 1.00 bits per heavy atom. The van der Waals surface area contributed by atoms with Gasteiger partial charge >= 0.3 is 0 Å². The fourth-order valence-corrected chi connectivity index (χ4v) is 3.51. The molecule has 9 nitrogen and oxygen atoms in total. The molecule has 0 aromatic heterocycles. The Hall–Kier alpha value is -3.27. The standard InChI is InChI=1S/C22H29N3O6S/c1-14(2)20(24-21(26)16-10-18(30-3)12-19(11-16)31-4)22(27)23-13-15-7-6-8-17(9-15)25-32(5,28)29/h6-12,14,20,25H,13H2,1-5H3,(H,23,27)(H,24,26). The average Bonchev–Trinajstić information content (AvgIpc) is 2.74. The van der Waals surface area contributed by atoms with Crippen molar-refractivity contribution < 1.29 is 27.5 Å². The summed E-state index contributed by atoms with van der Waals surface area (Å²) in [6.45, 7) is 3.82. The molecule has 2 aromatic carbocycles. The number of amides is 2. The molecule has 0 radical (unpaired) electrons. The molecule has 174 valence electrons. The lowest BCUT2D eigenvalue weighted by Crippen LogP contribution is -2.49. The van der Waals surface area contributed by atoms with E-state index in [-0.39, 0.29) is 18.4 Å². The molecule has 0 bridgehead atoms. The van der Waals surface area contributed by atoms with Crippen LogP contribution in [0, 0.1) is 5.92 Å². The molecular formula is C22H29N3O6S. The first-order valence-corrected chi connectivity index (χ1v) is 11.8. The fourth-order valence-electron chi connectivity index (χ4n) is 2.96. The highest BCUT2D eigenvalue weighted by atomic mass is 32.2. The maximum absolute atomic E-state index is 12.8. The molecule has 1 unspecified atom stereocenters. The van der Waals surface area contributed by atoms with Crippen LogP contribution in [0.2, 0.25) is 0 Å². The lowest BCUT2D eigenvalue weighted by Gasteiger charge is -2.22. The summed E-state index contributed by atoms with van der Waals surface area (Å²) in [6, 6.07) is 10.7. The van der Waals surface area contributed by atoms with Crippen molar-refractivity contribution in [3.63, 3.8) is 0 Å². The van der Waals surface area contributed by atoms with Gasteiger partial charge in [0.15, 0.2) is 0 Å². The predicted octanol–water partition coefficient (Wildman–Crippen LogP) is 2.15. The molecule has 2 aromatic rings. The molecule has 10 heteroatoms. The number of rotatable bonds is 10. The van der Waals surface area contributed by atoms with Crippen LogP contribution in [0.1, 0.15) is 29.8 Å². The normalized spacial score (nSPS) is 12.1. The minimum Gasteiger partial charge on any atom is -0.497 e. The van der Waals surface area contributed by atoms with Crippen LogP contribution in [-0.4, -0.2) is 46.7 Å². The van der Waals surface area contributed by atoms with Crippen molar-refractivity contribution in [2.24, 2.45) is 5.92 Å². The topological polar surface area (TPSA) is 123 Å². The maximum atomic E-state index is 12.8. The first-order valence-electron chi connectivity index (χ1n) is 9.90. The van der Waals surface area contributed by atoms with Gasteiger partial charge in [-0.25, -0.2) is 8.42 Å². The third-order valence-electron chi connectivity index (χ3n) is 4.55. The molecule has 0 aliphatic heterocycles. The molecule has 0 aliphatic rings. The van der Waals surface area contributed by atoms with E-state index in [9.17, 15) is 18.0 Å². The Labute approximate surface area is 188 Å². The average molecular weight is 464 g/mol. The summed E-state index contributed by atoms with van der Waals surface area (Å²) in [5.41, 5.74) is 1.41. The van der Waals surface area contributed by atoms with Crippen LogP contribution in [0.25, 0.3) is 0 Å². The van der Waals surface area contributed by atoms with Gasteiger partial charge in [0.2, 0.25) is 15.9 Å². The molecule has 0 saturated heterocycles. The van der Waals surface area contributed by atoms with E-state index in [1.54, 1.807) is 42.5 Å². The van der Waals surface area contributed by atoms with Gasteiger partial charge < -0.3 is 20.1 Å². The summed E-state index contributed by atoms with van der Waals surface area (Å²) >= 11 is 0. The van der Waals surface area contributed by atoms with Crippen molar-refractivity contribution >= 4 is 27.5 Å². The van der Waals surface area contributed by atoms with Gasteiger partial charge in [0.1, 0.15) is 17.5 Å². The SMILES string of the molecule is COc1cc(OC)cc(C(=O)NC(C(=O)NCc2cccc(NS(C)(=O)=O)c2)C(C)C)c1. The number of benzene rings is 2. The Balaban J connectivity index is 2.09. The fraction of sp³-hybridized carbons (Fsp3) is 0.364. The maximum Gasteiger partial charge on any atom is 0.252 e. The molecule has 0 aliphatic carbocycles. The molecule has 2 rings (SSSR count). The smallest absolute Gasteiger partial charge is 0.252 e. The van der Waals surface area contributed by atoms with Crippen LogP contribution in [0.5, 0.6) is 11.5 Å². The second-order valence-corrected chi connectivity index (χ2v) is 9.34. The van der Waals surface area contributed by atoms with Crippen LogP contribution in [0.4, 0.5) is 5.69 Å². The quantitative estimate of drug-likeness (QED) is 0.496. The van der Waals surface area contributed by atoms with Gasteiger partial charge in [0.25, 0.3) is 5.91 Å². The summed E-state index contributed by atoms with van der Waals surface area (Å²) in [5, 5.41) is 5.55. The third-order valence-corrected chi connectivity index (χ3v) is 5.15. The van der Waals surface area contributed by atoms with Gasteiger partial charge in [-0.15, -0.1) is 0 Å². The summed E-state index contributed by atoms with van der Waals surface area (Å²) in [4.78, 5) is 25.6. The van der Waals surface area contributed by atoms with Gasteiger partial charge in [-0.1, -0.05) is 26.0 Å². The van der Waals surface area contributed by atoms with Crippen molar-refractivity contribution in [2.45, 2.75) is 26.4 Å². The van der Waals surface area contributed by atoms with Gasteiger partial charge in [-0.2, -0.15) is 0 Å². The van der Waals surface area contributed by atoms with Crippen molar-refractivity contribution in [3.05, 3.63) is 53.6 Å². The molecule has 2 amide bonds. The van der Waals surface area contributed by atoms with Crippen LogP contribution in [0.3, 0.4) is 0 Å². The van der Waals surface area contributed by atoms with Crippen molar-refractivity contribution in [1.29, 1.82) is 0 Å². The zero-order valence-electron chi connectivity index (χ0n) is 18.8. The lowest BCUT2D eigenvalue weighted by molar-refractivity contribution is -0.124. The molecule has 0 heterocycles. The first kappa shape index (κ1) is 25.0. The summed E-state index contributed by atoms with van der Waals surface area (Å²) in [7, 11) is -0.428. The number of methoxy groups -OCH3 is 2.